The fourth-order valence-corrected chi connectivity index (χ4v) is 3.53. The zero-order valence-electron chi connectivity index (χ0n) is 23.5. The van der Waals surface area contributed by atoms with Gasteiger partial charge in [-0.25, -0.2) is 19.6 Å². The van der Waals surface area contributed by atoms with Crippen LogP contribution in [0.4, 0.5) is 0 Å². The summed E-state index contributed by atoms with van der Waals surface area (Å²) in [5.41, 5.74) is 12.2. The molecule has 40 heavy (non-hydrogen) atoms. The number of aromatic carboxylic acids is 2. The average molecular weight is 563 g/mol. The van der Waals surface area contributed by atoms with Crippen LogP contribution in [-0.2, 0) is 27.1 Å². The van der Waals surface area contributed by atoms with Crippen molar-refractivity contribution in [3.8, 4) is 0 Å². The van der Waals surface area contributed by atoms with Gasteiger partial charge in [-0.1, -0.05) is 12.1 Å². The second-order valence-electron chi connectivity index (χ2n) is 9.03. The molecule has 2 rings (SSSR count). The molecule has 2 aromatic heterocycles. The molecule has 0 unspecified atom stereocenters. The zero-order chi connectivity index (χ0) is 29.3. The summed E-state index contributed by atoms with van der Waals surface area (Å²) >= 11 is 0. The standard InChI is InChI=1S/C22H28N2O6.C7H18N2O/c25-21(26)19-11-5-9-17(23-19)7-1-3-13-29-15-16-30-14-4-2-8-18-10-6-12-20(24-18)22(27)28;8-4-2-1-3-6-10-7-5-9/h5-6,9-12H,1-4,7-8,13-16H2,(H,25,26)(H,27,28);1-9H2. The van der Waals surface area contributed by atoms with E-state index in [1.165, 1.54) is 18.6 Å². The fourth-order valence-electron chi connectivity index (χ4n) is 3.53. The van der Waals surface area contributed by atoms with E-state index in [4.69, 9.17) is 35.9 Å². The number of aromatic nitrogens is 2. The van der Waals surface area contributed by atoms with Crippen LogP contribution in [0.5, 0.6) is 0 Å². The van der Waals surface area contributed by atoms with Crippen molar-refractivity contribution in [2.75, 3.05) is 52.7 Å². The molecule has 11 nitrogen and oxygen atoms in total. The molecule has 0 saturated carbocycles. The molecule has 2 aromatic rings. The number of rotatable bonds is 22. The van der Waals surface area contributed by atoms with Crippen LogP contribution in [-0.4, -0.2) is 84.9 Å². The first kappa shape index (κ1) is 35.1. The molecule has 0 aliphatic carbocycles. The molecule has 0 aromatic carbocycles. The summed E-state index contributed by atoms with van der Waals surface area (Å²) < 4.78 is 16.2. The van der Waals surface area contributed by atoms with E-state index in [2.05, 4.69) is 9.97 Å². The van der Waals surface area contributed by atoms with Crippen molar-refractivity contribution < 1.29 is 34.0 Å². The van der Waals surface area contributed by atoms with Crippen molar-refractivity contribution in [1.82, 2.24) is 9.97 Å². The Morgan fingerprint density at radius 1 is 0.575 bits per heavy atom. The largest absolute Gasteiger partial charge is 0.477 e. The number of carbonyl (C=O) groups is 2. The Hall–Kier alpha value is -2.96. The van der Waals surface area contributed by atoms with Crippen LogP contribution in [0.15, 0.2) is 36.4 Å². The van der Waals surface area contributed by atoms with E-state index < -0.39 is 11.9 Å². The van der Waals surface area contributed by atoms with Gasteiger partial charge in [0.2, 0.25) is 0 Å². The van der Waals surface area contributed by atoms with Crippen LogP contribution in [0.1, 0.15) is 77.3 Å². The quantitative estimate of drug-likeness (QED) is 0.155. The topological polar surface area (TPSA) is 180 Å². The minimum Gasteiger partial charge on any atom is -0.477 e. The molecular weight excluding hydrogens is 516 g/mol. The van der Waals surface area contributed by atoms with E-state index in [0.717, 1.165) is 75.9 Å². The Labute approximate surface area is 237 Å². The maximum Gasteiger partial charge on any atom is 0.354 e. The van der Waals surface area contributed by atoms with Gasteiger partial charge >= 0.3 is 11.9 Å². The summed E-state index contributed by atoms with van der Waals surface area (Å²) in [5.74, 6) is -2.02. The van der Waals surface area contributed by atoms with E-state index in [-0.39, 0.29) is 11.4 Å². The van der Waals surface area contributed by atoms with Gasteiger partial charge in [-0.2, -0.15) is 0 Å². The number of carboxylic acid groups (broad SMARTS) is 2. The number of carboxylic acids is 2. The van der Waals surface area contributed by atoms with Crippen LogP contribution < -0.4 is 11.5 Å². The molecule has 0 aliphatic heterocycles. The molecule has 0 radical (unpaired) electrons. The SMILES string of the molecule is NCCCCCOCCN.O=C(O)c1cccc(CCCCOCCOCCCCc2cccc(C(=O)O)n2)n1. The predicted molar refractivity (Wildman–Crippen MR) is 153 cm³/mol. The number of aryl methyl sites for hydroxylation is 2. The minimum absolute atomic E-state index is 0.0749. The highest BCUT2D eigenvalue weighted by molar-refractivity contribution is 5.85. The Morgan fingerprint density at radius 2 is 1.02 bits per heavy atom. The third kappa shape index (κ3) is 18.3. The van der Waals surface area contributed by atoms with Gasteiger partial charge < -0.3 is 35.9 Å². The maximum atomic E-state index is 10.9. The molecule has 0 fully saturated rings. The van der Waals surface area contributed by atoms with E-state index in [0.29, 0.717) is 39.6 Å². The zero-order valence-corrected chi connectivity index (χ0v) is 23.5. The van der Waals surface area contributed by atoms with Crippen molar-refractivity contribution in [3.63, 3.8) is 0 Å². The monoisotopic (exact) mass is 562 g/mol. The first-order valence-electron chi connectivity index (χ1n) is 14.0. The molecule has 0 spiro atoms. The van der Waals surface area contributed by atoms with Crippen molar-refractivity contribution in [3.05, 3.63) is 59.2 Å². The smallest absolute Gasteiger partial charge is 0.354 e. The van der Waals surface area contributed by atoms with Crippen molar-refractivity contribution in [2.45, 2.75) is 57.8 Å². The van der Waals surface area contributed by atoms with Crippen LogP contribution in [0.25, 0.3) is 0 Å². The Balaban J connectivity index is 0.000000680. The second-order valence-corrected chi connectivity index (χ2v) is 9.03. The highest BCUT2D eigenvalue weighted by Crippen LogP contribution is 2.06. The summed E-state index contributed by atoms with van der Waals surface area (Å²) in [4.78, 5) is 30.0. The number of nitrogens with two attached hydrogens (primary N) is 2. The van der Waals surface area contributed by atoms with Crippen LogP contribution in [0.2, 0.25) is 0 Å². The van der Waals surface area contributed by atoms with Gasteiger partial charge in [0.1, 0.15) is 11.4 Å². The highest BCUT2D eigenvalue weighted by Gasteiger charge is 2.06. The summed E-state index contributed by atoms with van der Waals surface area (Å²) in [6.07, 6.45) is 8.35. The number of nitrogens with zero attached hydrogens (tertiary/aromatic N) is 2. The Morgan fingerprint density at radius 3 is 1.45 bits per heavy atom. The number of unbranched alkanes of at least 4 members (excludes halogenated alkanes) is 4. The molecule has 0 amide bonds. The third-order valence-corrected chi connectivity index (χ3v) is 5.62. The molecule has 6 N–H and O–H groups in total. The maximum absolute atomic E-state index is 10.9. The van der Waals surface area contributed by atoms with Gasteiger partial charge in [0.15, 0.2) is 0 Å². The lowest BCUT2D eigenvalue weighted by atomic mass is 10.2. The molecule has 11 heteroatoms. The molecular formula is C29H46N4O7. The number of pyridine rings is 2. The van der Waals surface area contributed by atoms with E-state index in [9.17, 15) is 9.59 Å². The van der Waals surface area contributed by atoms with E-state index in [1.807, 2.05) is 12.1 Å². The lowest BCUT2D eigenvalue weighted by molar-refractivity contribution is 0.0451. The predicted octanol–water partition coefficient (Wildman–Crippen LogP) is 3.34. The molecule has 224 valence electrons. The second kappa shape index (κ2) is 23.9. The molecule has 0 atom stereocenters. The fraction of sp³-hybridized carbons (Fsp3) is 0.586. The van der Waals surface area contributed by atoms with Gasteiger partial charge in [-0.3, -0.25) is 0 Å². The van der Waals surface area contributed by atoms with E-state index >= 15 is 0 Å². The summed E-state index contributed by atoms with van der Waals surface area (Å²) in [6.45, 7) is 5.26. The highest BCUT2D eigenvalue weighted by atomic mass is 16.5. The van der Waals surface area contributed by atoms with Crippen molar-refractivity contribution in [1.29, 1.82) is 0 Å². The average Bonchev–Trinajstić information content (AvgIpc) is 2.96. The first-order valence-corrected chi connectivity index (χ1v) is 14.0. The van der Waals surface area contributed by atoms with Gasteiger partial charge in [0.05, 0.1) is 19.8 Å². The van der Waals surface area contributed by atoms with Crippen LogP contribution in [0.3, 0.4) is 0 Å². The van der Waals surface area contributed by atoms with Crippen LogP contribution in [0, 0.1) is 0 Å². The normalized spacial score (nSPS) is 10.7. The van der Waals surface area contributed by atoms with Gasteiger partial charge in [0.25, 0.3) is 0 Å². The molecule has 0 aliphatic rings. The third-order valence-electron chi connectivity index (χ3n) is 5.62. The van der Waals surface area contributed by atoms with Crippen molar-refractivity contribution >= 4 is 11.9 Å². The minimum atomic E-state index is -1.01. The molecule has 0 bridgehead atoms. The lowest BCUT2D eigenvalue weighted by Gasteiger charge is -2.06. The van der Waals surface area contributed by atoms with Gasteiger partial charge in [0, 0.05) is 37.8 Å². The Kier molecular flexibility index (Phi) is 20.9. The van der Waals surface area contributed by atoms with E-state index in [1.54, 1.807) is 12.1 Å². The first-order chi connectivity index (χ1) is 19.5. The molecule has 0 saturated heterocycles. The van der Waals surface area contributed by atoms with Gasteiger partial charge in [-0.05, 0) is 88.6 Å². The number of hydrogen-bond donors (Lipinski definition) is 4. The number of ether oxygens (including phenoxy) is 3. The summed E-state index contributed by atoms with van der Waals surface area (Å²) in [7, 11) is 0. The number of hydrogen-bond acceptors (Lipinski definition) is 9. The van der Waals surface area contributed by atoms with Crippen molar-refractivity contribution in [2.24, 2.45) is 11.5 Å². The lowest BCUT2D eigenvalue weighted by Crippen LogP contribution is -2.09. The summed E-state index contributed by atoms with van der Waals surface area (Å²) in [6, 6.07) is 10.1. The molecule has 2 heterocycles. The van der Waals surface area contributed by atoms with Gasteiger partial charge in [-0.15, -0.1) is 0 Å². The van der Waals surface area contributed by atoms with Crippen LogP contribution >= 0.6 is 0 Å². The Bertz CT molecular complexity index is 871. The summed E-state index contributed by atoms with van der Waals surface area (Å²) in [5, 5.41) is 17.9.